The fraction of sp³-hybridized carbons (Fsp3) is 0.235. The molecule has 132 valence electrons. The molecular formula is C17H14F3NO4. The van der Waals surface area contributed by atoms with Crippen molar-refractivity contribution in [3.05, 3.63) is 59.7 Å². The summed E-state index contributed by atoms with van der Waals surface area (Å²) < 4.78 is 48.4. The zero-order chi connectivity index (χ0) is 17.9. The van der Waals surface area contributed by atoms with Gasteiger partial charge in [-0.1, -0.05) is 24.3 Å². The van der Waals surface area contributed by atoms with Gasteiger partial charge in [-0.15, -0.1) is 0 Å². The number of hydrogen-bond acceptors (Lipinski definition) is 4. The van der Waals surface area contributed by atoms with Gasteiger partial charge in [0.05, 0.1) is 12.2 Å². The van der Waals surface area contributed by atoms with Gasteiger partial charge in [0, 0.05) is 0 Å². The smallest absolute Gasteiger partial charge is 0.416 e. The Morgan fingerprint density at radius 2 is 1.80 bits per heavy atom. The van der Waals surface area contributed by atoms with Gasteiger partial charge in [0.15, 0.2) is 11.5 Å². The van der Waals surface area contributed by atoms with Crippen LogP contribution in [0.5, 0.6) is 11.5 Å². The third-order valence-electron chi connectivity index (χ3n) is 3.49. The molecule has 0 aromatic heterocycles. The van der Waals surface area contributed by atoms with Crippen LogP contribution in [0.3, 0.4) is 0 Å². The van der Waals surface area contributed by atoms with Gasteiger partial charge in [0.25, 0.3) is 5.91 Å². The van der Waals surface area contributed by atoms with Crippen molar-refractivity contribution in [2.75, 3.05) is 6.61 Å². The number of carbonyl (C=O) groups excluding carboxylic acids is 1. The number of rotatable bonds is 4. The number of hydroxylamine groups is 1. The lowest BCUT2D eigenvalue weighted by Crippen LogP contribution is -2.43. The van der Waals surface area contributed by atoms with Gasteiger partial charge in [-0.25, -0.2) is 5.48 Å². The Labute approximate surface area is 141 Å². The Kier molecular flexibility index (Phi) is 4.80. The van der Waals surface area contributed by atoms with E-state index in [-0.39, 0.29) is 13.2 Å². The van der Waals surface area contributed by atoms with Gasteiger partial charge in [-0.3, -0.25) is 9.63 Å². The number of benzene rings is 2. The van der Waals surface area contributed by atoms with E-state index in [0.717, 1.165) is 12.1 Å². The molecule has 1 amide bonds. The van der Waals surface area contributed by atoms with E-state index in [1.165, 1.54) is 12.1 Å². The van der Waals surface area contributed by atoms with E-state index < -0.39 is 23.8 Å². The minimum absolute atomic E-state index is 0.0342. The van der Waals surface area contributed by atoms with Crippen molar-refractivity contribution < 1.29 is 32.3 Å². The molecule has 3 rings (SSSR count). The SMILES string of the molecule is O=C(NOCc1ccc(C(F)(F)F)cc1)C1COc2ccccc2O1. The Hall–Kier alpha value is -2.74. The molecule has 5 nitrogen and oxygen atoms in total. The molecule has 8 heteroatoms. The van der Waals surface area contributed by atoms with E-state index in [0.29, 0.717) is 17.1 Å². The van der Waals surface area contributed by atoms with Crippen LogP contribution in [-0.4, -0.2) is 18.6 Å². The van der Waals surface area contributed by atoms with Crippen LogP contribution in [0.4, 0.5) is 13.2 Å². The number of fused-ring (bicyclic) bond motifs is 1. The zero-order valence-corrected chi connectivity index (χ0v) is 12.9. The van der Waals surface area contributed by atoms with Crippen LogP contribution in [-0.2, 0) is 22.4 Å². The summed E-state index contributed by atoms with van der Waals surface area (Å²) >= 11 is 0. The van der Waals surface area contributed by atoms with Crippen LogP contribution in [0.15, 0.2) is 48.5 Å². The second-order valence-corrected chi connectivity index (χ2v) is 5.31. The highest BCUT2D eigenvalue weighted by Gasteiger charge is 2.30. The largest absolute Gasteiger partial charge is 0.485 e. The summed E-state index contributed by atoms with van der Waals surface area (Å²) in [6.45, 7) is -0.0411. The minimum Gasteiger partial charge on any atom is -0.485 e. The fourth-order valence-corrected chi connectivity index (χ4v) is 2.19. The maximum Gasteiger partial charge on any atom is 0.416 e. The first-order valence-electron chi connectivity index (χ1n) is 7.40. The zero-order valence-electron chi connectivity index (χ0n) is 12.9. The van der Waals surface area contributed by atoms with Crippen LogP contribution in [0.1, 0.15) is 11.1 Å². The first-order valence-corrected chi connectivity index (χ1v) is 7.40. The van der Waals surface area contributed by atoms with Crippen molar-refractivity contribution in [2.45, 2.75) is 18.9 Å². The minimum atomic E-state index is -4.39. The van der Waals surface area contributed by atoms with Crippen LogP contribution in [0, 0.1) is 0 Å². The predicted molar refractivity (Wildman–Crippen MR) is 80.7 cm³/mol. The Bertz CT molecular complexity index is 746. The standard InChI is InChI=1S/C17H14F3NO4/c18-17(19,20)12-7-5-11(6-8-12)9-24-21-16(22)15-10-23-13-3-1-2-4-14(13)25-15/h1-8,15H,9-10H2,(H,21,22). The van der Waals surface area contributed by atoms with Crippen molar-refractivity contribution >= 4 is 5.91 Å². The quantitative estimate of drug-likeness (QED) is 0.859. The highest BCUT2D eigenvalue weighted by molar-refractivity contribution is 5.80. The number of alkyl halides is 3. The molecule has 0 aliphatic carbocycles. The number of halogens is 3. The maximum absolute atomic E-state index is 12.5. The lowest BCUT2D eigenvalue weighted by atomic mass is 10.1. The van der Waals surface area contributed by atoms with Gasteiger partial charge < -0.3 is 9.47 Å². The molecule has 2 aromatic rings. The van der Waals surface area contributed by atoms with Gasteiger partial charge in [0.1, 0.15) is 6.61 Å². The van der Waals surface area contributed by atoms with Crippen molar-refractivity contribution in [3.8, 4) is 11.5 Å². The fourth-order valence-electron chi connectivity index (χ4n) is 2.19. The molecule has 1 atom stereocenters. The van der Waals surface area contributed by atoms with Gasteiger partial charge >= 0.3 is 6.18 Å². The summed E-state index contributed by atoms with van der Waals surface area (Å²) in [4.78, 5) is 17.0. The Morgan fingerprint density at radius 1 is 1.12 bits per heavy atom. The lowest BCUT2D eigenvalue weighted by molar-refractivity contribution is -0.144. The first kappa shape index (κ1) is 17.1. The van der Waals surface area contributed by atoms with E-state index in [9.17, 15) is 18.0 Å². The molecule has 0 spiro atoms. The monoisotopic (exact) mass is 353 g/mol. The van der Waals surface area contributed by atoms with E-state index in [1.807, 2.05) is 0 Å². The number of carbonyl (C=O) groups is 1. The summed E-state index contributed by atoms with van der Waals surface area (Å²) in [6.07, 6.45) is -5.26. The number of hydrogen-bond donors (Lipinski definition) is 1. The highest BCUT2D eigenvalue weighted by atomic mass is 19.4. The number of ether oxygens (including phenoxy) is 2. The summed E-state index contributed by atoms with van der Waals surface area (Å²) in [5.74, 6) is 0.468. The molecule has 0 saturated heterocycles. The molecule has 1 aliphatic rings. The second-order valence-electron chi connectivity index (χ2n) is 5.31. The average Bonchev–Trinajstić information content (AvgIpc) is 2.61. The van der Waals surface area contributed by atoms with Crippen molar-refractivity contribution in [1.29, 1.82) is 0 Å². The topological polar surface area (TPSA) is 56.8 Å². The Balaban J connectivity index is 1.48. The molecule has 0 saturated carbocycles. The number of amides is 1. The molecular weight excluding hydrogens is 339 g/mol. The van der Waals surface area contributed by atoms with E-state index in [2.05, 4.69) is 5.48 Å². The average molecular weight is 353 g/mol. The van der Waals surface area contributed by atoms with Crippen molar-refractivity contribution in [1.82, 2.24) is 5.48 Å². The van der Waals surface area contributed by atoms with E-state index in [1.54, 1.807) is 24.3 Å². The molecule has 1 aliphatic heterocycles. The third-order valence-corrected chi connectivity index (χ3v) is 3.49. The second kappa shape index (κ2) is 7.02. The van der Waals surface area contributed by atoms with Crippen LogP contribution >= 0.6 is 0 Å². The van der Waals surface area contributed by atoms with Gasteiger partial charge in [-0.2, -0.15) is 13.2 Å². The highest BCUT2D eigenvalue weighted by Crippen LogP contribution is 2.31. The molecule has 25 heavy (non-hydrogen) atoms. The summed E-state index contributed by atoms with van der Waals surface area (Å²) in [5, 5.41) is 0. The summed E-state index contributed by atoms with van der Waals surface area (Å²) in [7, 11) is 0. The third kappa shape index (κ3) is 4.21. The molecule has 1 unspecified atom stereocenters. The lowest BCUT2D eigenvalue weighted by Gasteiger charge is -2.25. The molecule has 0 fully saturated rings. The van der Waals surface area contributed by atoms with Crippen LogP contribution < -0.4 is 15.0 Å². The molecule has 0 bridgehead atoms. The maximum atomic E-state index is 12.5. The summed E-state index contributed by atoms with van der Waals surface area (Å²) in [6, 6.07) is 11.4. The predicted octanol–water partition coefficient (Wildman–Crippen LogP) is 3.09. The van der Waals surface area contributed by atoms with Gasteiger partial charge in [0.2, 0.25) is 6.10 Å². The first-order chi connectivity index (χ1) is 11.9. The summed E-state index contributed by atoms with van der Waals surface area (Å²) in [5.41, 5.74) is 1.95. The molecule has 2 aromatic carbocycles. The number of nitrogens with one attached hydrogen (secondary N) is 1. The Morgan fingerprint density at radius 3 is 2.48 bits per heavy atom. The number of para-hydroxylation sites is 2. The normalized spacial score (nSPS) is 16.4. The van der Waals surface area contributed by atoms with E-state index in [4.69, 9.17) is 14.3 Å². The van der Waals surface area contributed by atoms with Gasteiger partial charge in [-0.05, 0) is 29.8 Å². The molecule has 1 heterocycles. The van der Waals surface area contributed by atoms with E-state index >= 15 is 0 Å². The van der Waals surface area contributed by atoms with Crippen molar-refractivity contribution in [2.24, 2.45) is 0 Å². The van der Waals surface area contributed by atoms with Crippen LogP contribution in [0.25, 0.3) is 0 Å². The van der Waals surface area contributed by atoms with Crippen LogP contribution in [0.2, 0.25) is 0 Å². The molecule has 1 N–H and O–H groups in total. The van der Waals surface area contributed by atoms with Crippen molar-refractivity contribution in [3.63, 3.8) is 0 Å². The molecule has 0 radical (unpaired) electrons.